The number of esters is 1. The fraction of sp³-hybridized carbons (Fsp3) is 0.161. The van der Waals surface area contributed by atoms with Gasteiger partial charge in [-0.2, -0.15) is 0 Å². The minimum absolute atomic E-state index is 0.0300. The maximum atomic E-state index is 13.4. The Kier molecular flexibility index (Phi) is 8.04. The number of Topliss-reactive ketones (excluding diaryl/α,β-unsaturated/α-hetero) is 1. The lowest BCUT2D eigenvalue weighted by molar-refractivity contribution is -0.384. The van der Waals surface area contributed by atoms with E-state index in [0.717, 1.165) is 27.4 Å². The number of aliphatic hydroxyl groups is 1. The second kappa shape index (κ2) is 11.9. The number of carbonyl (C=O) groups is 3. The number of amides is 1. The van der Waals surface area contributed by atoms with E-state index in [1.165, 1.54) is 31.4 Å². The molecule has 1 fully saturated rings. The van der Waals surface area contributed by atoms with Gasteiger partial charge in [-0.05, 0) is 66.9 Å². The van der Waals surface area contributed by atoms with Gasteiger partial charge in [-0.25, -0.2) is 9.78 Å². The molecule has 1 unspecified atom stereocenters. The summed E-state index contributed by atoms with van der Waals surface area (Å²) in [4.78, 5) is 55.4. The van der Waals surface area contributed by atoms with Crippen LogP contribution in [0.3, 0.4) is 0 Å². The molecule has 3 aromatic carbocycles. The van der Waals surface area contributed by atoms with Gasteiger partial charge in [-0.15, -0.1) is 0 Å². The van der Waals surface area contributed by atoms with Gasteiger partial charge >= 0.3 is 11.9 Å². The fourth-order valence-corrected chi connectivity index (χ4v) is 5.70. The summed E-state index contributed by atoms with van der Waals surface area (Å²) in [5.74, 6) is -2.53. The van der Waals surface area contributed by atoms with E-state index >= 15 is 0 Å². The van der Waals surface area contributed by atoms with Crippen molar-refractivity contribution in [3.8, 4) is 5.75 Å². The van der Waals surface area contributed by atoms with Crippen LogP contribution in [0.1, 0.15) is 43.7 Å². The summed E-state index contributed by atoms with van der Waals surface area (Å²) in [7, 11) is 1.21. The number of benzene rings is 3. The third-order valence-corrected chi connectivity index (χ3v) is 8.15. The SMILES string of the molecule is COC(=O)c1sc(N2C(=O)C(=O)/C(=C(/O)c3ccc(OCc4ccccc4C)cc3)C2c2ccc([N+](=O)[O-])cc2)nc1C. The molecule has 218 valence electrons. The molecule has 12 heteroatoms. The number of nitro benzene ring substituents is 1. The summed E-state index contributed by atoms with van der Waals surface area (Å²) in [6.45, 7) is 3.89. The van der Waals surface area contributed by atoms with Gasteiger partial charge < -0.3 is 14.6 Å². The molecule has 1 aliphatic heterocycles. The van der Waals surface area contributed by atoms with Crippen LogP contribution >= 0.6 is 11.3 Å². The number of ketones is 1. The van der Waals surface area contributed by atoms with Crippen LogP contribution in [0, 0.1) is 24.0 Å². The molecule has 5 rings (SSSR count). The van der Waals surface area contributed by atoms with Crippen LogP contribution in [-0.4, -0.2) is 39.8 Å². The van der Waals surface area contributed by atoms with Crippen LogP contribution < -0.4 is 9.64 Å². The Morgan fingerprint density at radius 1 is 1.05 bits per heavy atom. The van der Waals surface area contributed by atoms with Gasteiger partial charge in [0.1, 0.15) is 23.0 Å². The molecule has 1 N–H and O–H groups in total. The van der Waals surface area contributed by atoms with E-state index in [4.69, 9.17) is 9.47 Å². The minimum atomic E-state index is -1.19. The van der Waals surface area contributed by atoms with E-state index < -0.39 is 34.4 Å². The topological polar surface area (TPSA) is 149 Å². The van der Waals surface area contributed by atoms with Crippen LogP contribution in [0.25, 0.3) is 5.76 Å². The third kappa shape index (κ3) is 5.60. The number of carbonyl (C=O) groups excluding carboxylic acids is 3. The summed E-state index contributed by atoms with van der Waals surface area (Å²) in [5.41, 5.74) is 2.53. The van der Waals surface area contributed by atoms with Crippen molar-refractivity contribution in [2.75, 3.05) is 12.0 Å². The number of aliphatic hydroxyl groups excluding tert-OH is 1. The Morgan fingerprint density at radius 2 is 1.72 bits per heavy atom. The van der Waals surface area contributed by atoms with Crippen LogP contribution in [0.2, 0.25) is 0 Å². The summed E-state index contributed by atoms with van der Waals surface area (Å²) in [6.07, 6.45) is 0. The molecule has 2 heterocycles. The quantitative estimate of drug-likeness (QED) is 0.0676. The van der Waals surface area contributed by atoms with Crippen molar-refractivity contribution in [2.45, 2.75) is 26.5 Å². The smallest absolute Gasteiger partial charge is 0.350 e. The summed E-state index contributed by atoms with van der Waals surface area (Å²) in [6, 6.07) is 18.3. The molecule has 1 aliphatic rings. The van der Waals surface area contributed by atoms with E-state index in [9.17, 15) is 29.6 Å². The van der Waals surface area contributed by atoms with Crippen molar-refractivity contribution >= 4 is 45.6 Å². The standard InChI is InChI=1S/C31H25N3O8S/c1-17-6-4-5-7-21(17)16-42-23-14-10-20(11-15-23)26(35)24-25(19-8-12-22(13-9-19)34(39)40)33(29(37)27(24)36)31-32-18(2)28(43-31)30(38)41-3/h4-15,25,35H,16H2,1-3H3/b26-24+. The first-order valence-corrected chi connectivity index (χ1v) is 13.8. The molecule has 0 saturated carbocycles. The highest BCUT2D eigenvalue weighted by Gasteiger charge is 2.48. The van der Waals surface area contributed by atoms with Gasteiger partial charge in [-0.3, -0.25) is 24.6 Å². The van der Waals surface area contributed by atoms with Crippen LogP contribution in [0.4, 0.5) is 10.8 Å². The second-order valence-corrected chi connectivity index (χ2v) is 10.6. The molecular formula is C31H25N3O8S. The highest BCUT2D eigenvalue weighted by molar-refractivity contribution is 7.17. The number of nitro groups is 1. The number of nitrogens with zero attached hydrogens (tertiary/aromatic N) is 3. The summed E-state index contributed by atoms with van der Waals surface area (Å²) in [5, 5.41) is 22.7. The first-order chi connectivity index (χ1) is 20.6. The molecule has 1 aromatic heterocycles. The Bertz CT molecular complexity index is 1780. The van der Waals surface area contributed by atoms with Crippen molar-refractivity contribution in [3.63, 3.8) is 0 Å². The number of methoxy groups -OCH3 is 1. The molecule has 0 bridgehead atoms. The second-order valence-electron chi connectivity index (χ2n) is 9.66. The lowest BCUT2D eigenvalue weighted by atomic mass is 9.95. The summed E-state index contributed by atoms with van der Waals surface area (Å²) >= 11 is 0.856. The van der Waals surface area contributed by atoms with Gasteiger partial charge in [0.25, 0.3) is 11.5 Å². The van der Waals surface area contributed by atoms with Crippen LogP contribution in [0.5, 0.6) is 5.75 Å². The molecule has 1 saturated heterocycles. The molecule has 43 heavy (non-hydrogen) atoms. The van der Waals surface area contributed by atoms with E-state index in [2.05, 4.69) is 4.98 Å². The highest BCUT2D eigenvalue weighted by Crippen LogP contribution is 2.44. The molecular weight excluding hydrogens is 574 g/mol. The van der Waals surface area contributed by atoms with Crippen molar-refractivity contribution < 1.29 is 33.9 Å². The molecule has 1 amide bonds. The molecule has 1 atom stereocenters. The van der Waals surface area contributed by atoms with Gasteiger partial charge in [0.2, 0.25) is 0 Å². The van der Waals surface area contributed by atoms with E-state index in [-0.39, 0.29) is 32.5 Å². The third-order valence-electron chi connectivity index (χ3n) is 7.01. The minimum Gasteiger partial charge on any atom is -0.507 e. The van der Waals surface area contributed by atoms with Crippen molar-refractivity contribution in [3.05, 3.63) is 121 Å². The van der Waals surface area contributed by atoms with Crippen molar-refractivity contribution in [1.82, 2.24) is 4.98 Å². The van der Waals surface area contributed by atoms with Gasteiger partial charge in [0.05, 0.1) is 29.3 Å². The van der Waals surface area contributed by atoms with Gasteiger partial charge in [0, 0.05) is 17.7 Å². The normalized spacial score (nSPS) is 15.9. The van der Waals surface area contributed by atoms with Crippen molar-refractivity contribution in [2.24, 2.45) is 0 Å². The number of hydrogen-bond donors (Lipinski definition) is 1. The highest BCUT2D eigenvalue weighted by atomic mass is 32.1. The molecule has 0 spiro atoms. The number of anilines is 1. The van der Waals surface area contributed by atoms with Gasteiger partial charge in [0.15, 0.2) is 5.13 Å². The number of hydrogen-bond acceptors (Lipinski definition) is 10. The maximum absolute atomic E-state index is 13.4. The number of aryl methyl sites for hydroxylation is 2. The zero-order valence-corrected chi connectivity index (χ0v) is 24.1. The van der Waals surface area contributed by atoms with Gasteiger partial charge in [-0.1, -0.05) is 35.6 Å². The average molecular weight is 600 g/mol. The predicted molar refractivity (Wildman–Crippen MR) is 158 cm³/mol. The monoisotopic (exact) mass is 599 g/mol. The lowest BCUT2D eigenvalue weighted by Gasteiger charge is -2.23. The lowest BCUT2D eigenvalue weighted by Crippen LogP contribution is -2.29. The zero-order chi connectivity index (χ0) is 30.8. The Hall–Kier alpha value is -5.36. The Labute approximate surface area is 249 Å². The molecule has 0 radical (unpaired) electrons. The molecule has 11 nitrogen and oxygen atoms in total. The Balaban J connectivity index is 1.55. The number of thiazole rings is 1. The summed E-state index contributed by atoms with van der Waals surface area (Å²) < 4.78 is 10.7. The first-order valence-electron chi connectivity index (χ1n) is 13.0. The largest absolute Gasteiger partial charge is 0.507 e. The molecule has 4 aromatic rings. The van der Waals surface area contributed by atoms with E-state index in [1.54, 1.807) is 31.2 Å². The average Bonchev–Trinajstić information content (AvgIpc) is 3.52. The number of non-ortho nitro benzene ring substituents is 1. The Morgan fingerprint density at radius 3 is 2.35 bits per heavy atom. The first kappa shape index (κ1) is 29.1. The van der Waals surface area contributed by atoms with Crippen molar-refractivity contribution in [1.29, 1.82) is 0 Å². The van der Waals surface area contributed by atoms with E-state index in [1.807, 2.05) is 31.2 Å². The predicted octanol–water partition coefficient (Wildman–Crippen LogP) is 5.66. The van der Waals surface area contributed by atoms with Crippen LogP contribution in [0.15, 0.2) is 78.4 Å². The fourth-order valence-electron chi connectivity index (χ4n) is 4.69. The maximum Gasteiger partial charge on any atom is 0.350 e. The van der Waals surface area contributed by atoms with Crippen LogP contribution in [-0.2, 0) is 20.9 Å². The molecule has 0 aliphatic carbocycles. The number of ether oxygens (including phenoxy) is 2. The number of rotatable bonds is 8. The number of aromatic nitrogens is 1. The zero-order valence-electron chi connectivity index (χ0n) is 23.3. The van der Waals surface area contributed by atoms with E-state index in [0.29, 0.717) is 17.9 Å².